The van der Waals surface area contributed by atoms with Gasteiger partial charge < -0.3 is 18.9 Å². The molecule has 3 aromatic rings. The molecule has 1 aliphatic rings. The molecule has 6 nitrogen and oxygen atoms in total. The molecule has 0 atom stereocenters. The van der Waals surface area contributed by atoms with E-state index in [-0.39, 0.29) is 13.2 Å². The Morgan fingerprint density at radius 1 is 1.00 bits per heavy atom. The maximum Gasteiger partial charge on any atom is 0.338 e. The minimum absolute atomic E-state index is 0.254. The number of carbonyl (C=O) groups is 1. The van der Waals surface area contributed by atoms with Crippen molar-refractivity contribution in [1.29, 1.82) is 0 Å². The molecule has 0 amide bonds. The first-order valence-electron chi connectivity index (χ1n) is 11.7. The summed E-state index contributed by atoms with van der Waals surface area (Å²) in [6.07, 6.45) is 2.95. The summed E-state index contributed by atoms with van der Waals surface area (Å²) >= 11 is 5.92. The maximum atomic E-state index is 12.5. The van der Waals surface area contributed by atoms with E-state index in [1.54, 1.807) is 42.6 Å². The molecule has 3 aromatic carbocycles. The summed E-state index contributed by atoms with van der Waals surface area (Å²) in [5.74, 6) is 0.425. The van der Waals surface area contributed by atoms with E-state index in [0.29, 0.717) is 10.6 Å². The number of rotatable bonds is 9. The third kappa shape index (κ3) is 7.39. The third-order valence-electron chi connectivity index (χ3n) is 5.40. The van der Waals surface area contributed by atoms with E-state index < -0.39 is 18.4 Å². The average molecular weight is 494 g/mol. The number of nitrogens with zero attached hydrogens (tertiary/aromatic N) is 1. The number of hydrogen-bond acceptors (Lipinski definition) is 6. The SMILES string of the molecule is CCCCOc1ccc(C=Nc2ccc(C(=O)OC3COC(c4ccc(Cl)cc4)OC3)cc2)cc1. The van der Waals surface area contributed by atoms with Crippen LogP contribution in [0.2, 0.25) is 5.02 Å². The van der Waals surface area contributed by atoms with E-state index in [4.69, 9.17) is 30.5 Å². The molecule has 0 bridgehead atoms. The molecule has 0 saturated carbocycles. The van der Waals surface area contributed by atoms with E-state index in [1.807, 2.05) is 36.4 Å². The van der Waals surface area contributed by atoms with Gasteiger partial charge in [0.1, 0.15) is 11.9 Å². The molecule has 0 radical (unpaired) electrons. The van der Waals surface area contributed by atoms with Gasteiger partial charge in [0.2, 0.25) is 0 Å². The van der Waals surface area contributed by atoms with Crippen LogP contribution in [-0.2, 0) is 14.2 Å². The van der Waals surface area contributed by atoms with Crippen molar-refractivity contribution in [3.63, 3.8) is 0 Å². The molecule has 1 aliphatic heterocycles. The van der Waals surface area contributed by atoms with Crippen molar-refractivity contribution in [3.8, 4) is 5.75 Å². The van der Waals surface area contributed by atoms with Crippen LogP contribution in [0.25, 0.3) is 0 Å². The Labute approximate surface area is 210 Å². The van der Waals surface area contributed by atoms with Gasteiger partial charge in [-0.2, -0.15) is 0 Å². The zero-order chi connectivity index (χ0) is 24.5. The van der Waals surface area contributed by atoms with Gasteiger partial charge in [0.25, 0.3) is 0 Å². The molecule has 0 spiro atoms. The summed E-state index contributed by atoms with van der Waals surface area (Å²) in [6.45, 7) is 3.37. The van der Waals surface area contributed by atoms with Gasteiger partial charge >= 0.3 is 5.97 Å². The summed E-state index contributed by atoms with van der Waals surface area (Å²) in [4.78, 5) is 17.0. The van der Waals surface area contributed by atoms with Crippen LogP contribution in [0.4, 0.5) is 5.69 Å². The van der Waals surface area contributed by atoms with Crippen molar-refractivity contribution >= 4 is 29.5 Å². The summed E-state index contributed by atoms with van der Waals surface area (Å²) in [7, 11) is 0. The van der Waals surface area contributed by atoms with Crippen molar-refractivity contribution < 1.29 is 23.7 Å². The number of aliphatic imine (C=N–C) groups is 1. The van der Waals surface area contributed by atoms with Crippen molar-refractivity contribution in [2.24, 2.45) is 4.99 Å². The summed E-state index contributed by atoms with van der Waals surface area (Å²) in [6, 6.07) is 22.0. The minimum atomic E-state index is -0.496. The number of halogens is 1. The Kier molecular flexibility index (Phi) is 8.90. The third-order valence-corrected chi connectivity index (χ3v) is 5.65. The van der Waals surface area contributed by atoms with E-state index in [2.05, 4.69) is 11.9 Å². The predicted molar refractivity (Wildman–Crippen MR) is 136 cm³/mol. The van der Waals surface area contributed by atoms with Crippen molar-refractivity contribution in [2.45, 2.75) is 32.2 Å². The molecule has 0 unspecified atom stereocenters. The van der Waals surface area contributed by atoms with Crippen LogP contribution in [0.15, 0.2) is 77.8 Å². The number of carbonyl (C=O) groups excluding carboxylic acids is 1. The average Bonchev–Trinajstić information content (AvgIpc) is 2.90. The number of ether oxygens (including phenoxy) is 4. The molecule has 0 aromatic heterocycles. The molecule has 4 rings (SSSR count). The predicted octanol–water partition coefficient (Wildman–Crippen LogP) is 6.54. The molecule has 7 heteroatoms. The van der Waals surface area contributed by atoms with Gasteiger partial charge in [-0.3, -0.25) is 4.99 Å². The Morgan fingerprint density at radius 2 is 1.69 bits per heavy atom. The Balaban J connectivity index is 1.24. The summed E-state index contributed by atoms with van der Waals surface area (Å²) < 4.78 is 22.6. The zero-order valence-electron chi connectivity index (χ0n) is 19.6. The Hall–Kier alpha value is -3.19. The highest BCUT2D eigenvalue weighted by molar-refractivity contribution is 6.30. The molecule has 182 valence electrons. The molecule has 0 N–H and O–H groups in total. The number of unbranched alkanes of at least 4 members (excludes halogenated alkanes) is 1. The molecule has 1 saturated heterocycles. The molecule has 35 heavy (non-hydrogen) atoms. The van der Waals surface area contributed by atoms with E-state index in [1.165, 1.54) is 0 Å². The van der Waals surface area contributed by atoms with Gasteiger partial charge in [-0.05, 0) is 72.6 Å². The monoisotopic (exact) mass is 493 g/mol. The van der Waals surface area contributed by atoms with Crippen LogP contribution in [0.5, 0.6) is 5.75 Å². The second kappa shape index (κ2) is 12.5. The van der Waals surface area contributed by atoms with Crippen LogP contribution in [0.3, 0.4) is 0 Å². The summed E-state index contributed by atoms with van der Waals surface area (Å²) in [5.41, 5.74) is 3.01. The highest BCUT2D eigenvalue weighted by Crippen LogP contribution is 2.25. The fourth-order valence-electron chi connectivity index (χ4n) is 3.40. The smallest absolute Gasteiger partial charge is 0.338 e. The van der Waals surface area contributed by atoms with Crippen LogP contribution in [-0.4, -0.2) is 38.1 Å². The largest absolute Gasteiger partial charge is 0.494 e. The highest BCUT2D eigenvalue weighted by Gasteiger charge is 2.26. The fourth-order valence-corrected chi connectivity index (χ4v) is 3.53. The molecule has 1 fully saturated rings. The van der Waals surface area contributed by atoms with Crippen LogP contribution in [0.1, 0.15) is 47.5 Å². The van der Waals surface area contributed by atoms with Crippen molar-refractivity contribution in [2.75, 3.05) is 19.8 Å². The molecule has 0 aliphatic carbocycles. The first kappa shape index (κ1) is 24.9. The van der Waals surface area contributed by atoms with Crippen LogP contribution in [0, 0.1) is 0 Å². The number of esters is 1. The fraction of sp³-hybridized carbons (Fsp3) is 0.286. The van der Waals surface area contributed by atoms with Gasteiger partial charge in [0.05, 0.1) is 31.1 Å². The summed E-state index contributed by atoms with van der Waals surface area (Å²) in [5, 5.41) is 0.648. The van der Waals surface area contributed by atoms with E-state index in [9.17, 15) is 4.79 Å². The van der Waals surface area contributed by atoms with E-state index >= 15 is 0 Å². The van der Waals surface area contributed by atoms with E-state index in [0.717, 1.165) is 42.0 Å². The van der Waals surface area contributed by atoms with Gasteiger partial charge in [0.15, 0.2) is 6.29 Å². The Bertz CT molecular complexity index is 1110. The lowest BCUT2D eigenvalue weighted by atomic mass is 10.2. The van der Waals surface area contributed by atoms with Crippen LogP contribution >= 0.6 is 11.6 Å². The second-order valence-corrected chi connectivity index (χ2v) is 8.59. The lowest BCUT2D eigenvalue weighted by Crippen LogP contribution is -2.35. The highest BCUT2D eigenvalue weighted by atomic mass is 35.5. The topological polar surface area (TPSA) is 66.4 Å². The molecular formula is C28H28ClNO5. The second-order valence-electron chi connectivity index (χ2n) is 8.15. The minimum Gasteiger partial charge on any atom is -0.494 e. The normalized spacial score (nSPS) is 17.9. The van der Waals surface area contributed by atoms with Crippen LogP contribution < -0.4 is 4.74 Å². The van der Waals surface area contributed by atoms with Gasteiger partial charge in [-0.25, -0.2) is 4.79 Å². The lowest BCUT2D eigenvalue weighted by molar-refractivity contribution is -0.220. The van der Waals surface area contributed by atoms with Gasteiger partial charge in [-0.1, -0.05) is 37.1 Å². The quantitative estimate of drug-likeness (QED) is 0.192. The van der Waals surface area contributed by atoms with Gasteiger partial charge in [-0.15, -0.1) is 0 Å². The first-order chi connectivity index (χ1) is 17.1. The molecule has 1 heterocycles. The van der Waals surface area contributed by atoms with Crippen molar-refractivity contribution in [1.82, 2.24) is 0 Å². The number of hydrogen-bond donors (Lipinski definition) is 0. The van der Waals surface area contributed by atoms with Crippen molar-refractivity contribution in [3.05, 3.63) is 94.5 Å². The lowest BCUT2D eigenvalue weighted by Gasteiger charge is -2.29. The zero-order valence-corrected chi connectivity index (χ0v) is 20.3. The van der Waals surface area contributed by atoms with Gasteiger partial charge in [0, 0.05) is 16.8 Å². The molecular weight excluding hydrogens is 466 g/mol. The first-order valence-corrected chi connectivity index (χ1v) is 12.0. The standard InChI is InChI=1S/C28H28ClNO5/c1-2-3-16-32-25-14-4-20(5-15-25)17-30-24-12-8-21(9-13-24)27(31)35-26-18-33-28(34-19-26)22-6-10-23(29)11-7-22/h4-15,17,26,28H,2-3,16,18-19H2,1H3. The Morgan fingerprint density at radius 3 is 2.34 bits per heavy atom. The maximum absolute atomic E-state index is 12.5. The number of benzene rings is 3.